The number of hydrogen-bond acceptors (Lipinski definition) is 4. The predicted molar refractivity (Wildman–Crippen MR) is 76.0 cm³/mol. The second kappa shape index (κ2) is 5.55. The Balaban J connectivity index is 2.19. The first-order chi connectivity index (χ1) is 8.95. The van der Waals surface area contributed by atoms with Crippen LogP contribution in [0.5, 0.6) is 0 Å². The molecule has 2 heterocycles. The fourth-order valence-corrected chi connectivity index (χ4v) is 2.51. The highest BCUT2D eigenvalue weighted by atomic mass is 16.3. The zero-order chi connectivity index (χ0) is 14.0. The SMILES string of the molecule is CCC(CO)N1CCc2nc(C(C)(C)C)ncc2C1. The molecule has 0 amide bonds. The van der Waals surface area contributed by atoms with E-state index in [1.165, 1.54) is 11.3 Å². The van der Waals surface area contributed by atoms with Crippen molar-refractivity contribution >= 4 is 0 Å². The first kappa shape index (κ1) is 14.4. The molecule has 0 spiro atoms. The average molecular weight is 263 g/mol. The molecule has 1 atom stereocenters. The maximum atomic E-state index is 9.40. The van der Waals surface area contributed by atoms with Crippen LogP contribution in [-0.4, -0.2) is 39.2 Å². The van der Waals surface area contributed by atoms with Crippen LogP contribution in [-0.2, 0) is 18.4 Å². The van der Waals surface area contributed by atoms with E-state index in [4.69, 9.17) is 4.98 Å². The maximum Gasteiger partial charge on any atom is 0.133 e. The number of rotatable bonds is 3. The highest BCUT2D eigenvalue weighted by molar-refractivity contribution is 5.22. The number of aromatic nitrogens is 2. The Morgan fingerprint density at radius 2 is 2.16 bits per heavy atom. The van der Waals surface area contributed by atoms with E-state index in [2.05, 4.69) is 37.6 Å². The summed E-state index contributed by atoms with van der Waals surface area (Å²) in [5.41, 5.74) is 2.40. The summed E-state index contributed by atoms with van der Waals surface area (Å²) in [7, 11) is 0. The molecule has 0 radical (unpaired) electrons. The van der Waals surface area contributed by atoms with Gasteiger partial charge in [0.15, 0.2) is 0 Å². The molecule has 1 aliphatic rings. The van der Waals surface area contributed by atoms with E-state index in [-0.39, 0.29) is 18.1 Å². The summed E-state index contributed by atoms with van der Waals surface area (Å²) < 4.78 is 0. The molecule has 0 saturated heterocycles. The monoisotopic (exact) mass is 263 g/mol. The van der Waals surface area contributed by atoms with Gasteiger partial charge < -0.3 is 5.11 Å². The molecular weight excluding hydrogens is 238 g/mol. The predicted octanol–water partition coefficient (Wildman–Crippen LogP) is 1.90. The van der Waals surface area contributed by atoms with Gasteiger partial charge in [-0.3, -0.25) is 4.90 Å². The Bertz CT molecular complexity index is 436. The first-order valence-corrected chi connectivity index (χ1v) is 7.16. The normalized spacial score (nSPS) is 18.2. The molecule has 1 unspecified atom stereocenters. The molecule has 2 rings (SSSR count). The molecule has 0 aromatic carbocycles. The van der Waals surface area contributed by atoms with Crippen molar-refractivity contribution in [2.24, 2.45) is 0 Å². The van der Waals surface area contributed by atoms with Crippen molar-refractivity contribution in [1.82, 2.24) is 14.9 Å². The van der Waals surface area contributed by atoms with Gasteiger partial charge in [0.25, 0.3) is 0 Å². The number of hydrogen-bond donors (Lipinski definition) is 1. The fraction of sp³-hybridized carbons (Fsp3) is 0.733. The minimum atomic E-state index is 0.00319. The quantitative estimate of drug-likeness (QED) is 0.905. The third kappa shape index (κ3) is 3.12. The first-order valence-electron chi connectivity index (χ1n) is 7.16. The van der Waals surface area contributed by atoms with Crippen molar-refractivity contribution < 1.29 is 5.11 Å². The molecule has 1 aliphatic heterocycles. The van der Waals surface area contributed by atoms with Crippen LogP contribution in [0.15, 0.2) is 6.20 Å². The zero-order valence-electron chi connectivity index (χ0n) is 12.5. The van der Waals surface area contributed by atoms with Crippen LogP contribution in [0.25, 0.3) is 0 Å². The molecule has 1 N–H and O–H groups in total. The minimum absolute atomic E-state index is 0.00319. The number of nitrogens with zero attached hydrogens (tertiary/aromatic N) is 3. The lowest BCUT2D eigenvalue weighted by Crippen LogP contribution is -2.41. The van der Waals surface area contributed by atoms with E-state index in [9.17, 15) is 5.11 Å². The van der Waals surface area contributed by atoms with E-state index in [1.54, 1.807) is 0 Å². The van der Waals surface area contributed by atoms with E-state index in [1.807, 2.05) is 6.20 Å². The molecule has 0 aliphatic carbocycles. The summed E-state index contributed by atoms with van der Waals surface area (Å²) in [4.78, 5) is 11.6. The number of fused-ring (bicyclic) bond motifs is 1. The molecule has 1 aromatic heterocycles. The molecular formula is C15H25N3O. The summed E-state index contributed by atoms with van der Waals surface area (Å²) >= 11 is 0. The Morgan fingerprint density at radius 1 is 1.42 bits per heavy atom. The molecule has 0 fully saturated rings. The lowest BCUT2D eigenvalue weighted by Gasteiger charge is -2.34. The van der Waals surface area contributed by atoms with Crippen molar-refractivity contribution in [3.63, 3.8) is 0 Å². The van der Waals surface area contributed by atoms with Gasteiger partial charge in [-0.2, -0.15) is 0 Å². The van der Waals surface area contributed by atoms with Gasteiger partial charge in [0.05, 0.1) is 6.61 Å². The third-order valence-corrected chi connectivity index (χ3v) is 3.83. The Labute approximate surface area is 115 Å². The van der Waals surface area contributed by atoms with Crippen LogP contribution < -0.4 is 0 Å². The third-order valence-electron chi connectivity index (χ3n) is 3.83. The second-order valence-electron chi connectivity index (χ2n) is 6.38. The average Bonchev–Trinajstić information content (AvgIpc) is 2.38. The highest BCUT2D eigenvalue weighted by Crippen LogP contribution is 2.23. The van der Waals surface area contributed by atoms with E-state index in [0.29, 0.717) is 0 Å². The van der Waals surface area contributed by atoms with Gasteiger partial charge in [0.1, 0.15) is 5.82 Å². The van der Waals surface area contributed by atoms with Gasteiger partial charge in [-0.1, -0.05) is 27.7 Å². The molecule has 19 heavy (non-hydrogen) atoms. The summed E-state index contributed by atoms with van der Waals surface area (Å²) in [5, 5.41) is 9.40. The molecule has 0 saturated carbocycles. The lowest BCUT2D eigenvalue weighted by molar-refractivity contribution is 0.107. The zero-order valence-corrected chi connectivity index (χ0v) is 12.5. The van der Waals surface area contributed by atoms with Crippen molar-refractivity contribution in [3.8, 4) is 0 Å². The van der Waals surface area contributed by atoms with Crippen molar-refractivity contribution in [2.45, 2.75) is 58.5 Å². The maximum absolute atomic E-state index is 9.40. The van der Waals surface area contributed by atoms with Crippen LogP contribution in [0.1, 0.15) is 51.2 Å². The second-order valence-corrected chi connectivity index (χ2v) is 6.38. The van der Waals surface area contributed by atoms with Gasteiger partial charge >= 0.3 is 0 Å². The van der Waals surface area contributed by atoms with Crippen LogP contribution >= 0.6 is 0 Å². The van der Waals surface area contributed by atoms with Gasteiger partial charge in [-0.25, -0.2) is 9.97 Å². The van der Waals surface area contributed by atoms with Crippen LogP contribution in [0.2, 0.25) is 0 Å². The minimum Gasteiger partial charge on any atom is -0.395 e. The highest BCUT2D eigenvalue weighted by Gasteiger charge is 2.25. The van der Waals surface area contributed by atoms with Gasteiger partial charge in [-0.15, -0.1) is 0 Å². The summed E-state index contributed by atoms with van der Waals surface area (Å²) in [5.74, 6) is 0.925. The van der Waals surface area contributed by atoms with Crippen LogP contribution in [0, 0.1) is 0 Å². The van der Waals surface area contributed by atoms with Crippen LogP contribution in [0.4, 0.5) is 0 Å². The fourth-order valence-electron chi connectivity index (χ4n) is 2.51. The molecule has 106 valence electrons. The van der Waals surface area contributed by atoms with Crippen molar-refractivity contribution in [3.05, 3.63) is 23.3 Å². The number of aliphatic hydroxyl groups is 1. The van der Waals surface area contributed by atoms with Crippen molar-refractivity contribution in [1.29, 1.82) is 0 Å². The van der Waals surface area contributed by atoms with E-state index < -0.39 is 0 Å². The summed E-state index contributed by atoms with van der Waals surface area (Å²) in [6, 6.07) is 0.260. The molecule has 4 nitrogen and oxygen atoms in total. The summed E-state index contributed by atoms with van der Waals surface area (Å²) in [6.07, 6.45) is 3.91. The number of aliphatic hydroxyl groups excluding tert-OH is 1. The smallest absolute Gasteiger partial charge is 0.133 e. The van der Waals surface area contributed by atoms with E-state index >= 15 is 0 Å². The Kier molecular flexibility index (Phi) is 4.21. The Morgan fingerprint density at radius 3 is 2.74 bits per heavy atom. The van der Waals surface area contributed by atoms with Gasteiger partial charge in [0, 0.05) is 48.4 Å². The molecule has 4 heteroatoms. The van der Waals surface area contributed by atoms with Crippen LogP contribution in [0.3, 0.4) is 0 Å². The standard InChI is InChI=1S/C15H25N3O/c1-5-12(10-19)18-7-6-13-11(9-18)8-16-14(17-13)15(2,3)4/h8,12,19H,5-7,9-10H2,1-4H3. The van der Waals surface area contributed by atoms with Crippen molar-refractivity contribution in [2.75, 3.05) is 13.2 Å². The largest absolute Gasteiger partial charge is 0.395 e. The van der Waals surface area contributed by atoms with Gasteiger partial charge in [0.2, 0.25) is 0 Å². The van der Waals surface area contributed by atoms with Gasteiger partial charge in [-0.05, 0) is 6.42 Å². The van der Waals surface area contributed by atoms with E-state index in [0.717, 1.165) is 31.8 Å². The Hall–Kier alpha value is -1.00. The molecule has 1 aromatic rings. The molecule has 0 bridgehead atoms. The lowest BCUT2D eigenvalue weighted by atomic mass is 9.95. The summed E-state index contributed by atoms with van der Waals surface area (Å²) in [6.45, 7) is 10.6. The topological polar surface area (TPSA) is 49.2 Å².